The van der Waals surface area contributed by atoms with Gasteiger partial charge in [0.05, 0.1) is 12.6 Å². The summed E-state index contributed by atoms with van der Waals surface area (Å²) < 4.78 is 12.6. The second kappa shape index (κ2) is 9.53. The Morgan fingerprint density at radius 3 is 2.91 bits per heavy atom. The number of aliphatic hydroxyl groups excluding tert-OH is 1. The van der Waals surface area contributed by atoms with Gasteiger partial charge in [0, 0.05) is 27.0 Å². The lowest BCUT2D eigenvalue weighted by Crippen LogP contribution is -2.50. The number of likely N-dealkylation sites (tertiary alicyclic amines) is 1. The lowest BCUT2D eigenvalue weighted by Gasteiger charge is -2.45. The zero-order valence-corrected chi connectivity index (χ0v) is 20.9. The highest BCUT2D eigenvalue weighted by atomic mass is 32.1. The number of hydrogen-bond donors (Lipinski definition) is 3. The van der Waals surface area contributed by atoms with Crippen molar-refractivity contribution in [2.75, 3.05) is 26.8 Å². The summed E-state index contributed by atoms with van der Waals surface area (Å²) in [6.45, 7) is 3.89. The fourth-order valence-corrected chi connectivity index (χ4v) is 6.33. The van der Waals surface area contributed by atoms with Crippen LogP contribution in [0.5, 0.6) is 11.5 Å². The summed E-state index contributed by atoms with van der Waals surface area (Å²) >= 11 is 1.80. The molecule has 7 nitrogen and oxygen atoms in total. The number of carbonyl (C=O) groups is 1. The number of H-pyrrole nitrogens is 1. The van der Waals surface area contributed by atoms with Gasteiger partial charge in [-0.25, -0.2) is 0 Å². The predicted molar refractivity (Wildman–Crippen MR) is 139 cm³/mol. The molecule has 184 valence electrons. The lowest BCUT2D eigenvalue weighted by atomic mass is 9.86. The van der Waals surface area contributed by atoms with Gasteiger partial charge in [-0.2, -0.15) is 0 Å². The number of nitrogens with two attached hydrogens (primary N) is 1. The number of piperidine rings is 1. The average molecular weight is 494 g/mol. The fourth-order valence-electron chi connectivity index (χ4n) is 5.03. The van der Waals surface area contributed by atoms with Crippen LogP contribution >= 0.6 is 11.3 Å². The van der Waals surface area contributed by atoms with Crippen LogP contribution in [0.25, 0.3) is 21.0 Å². The van der Waals surface area contributed by atoms with E-state index in [0.717, 1.165) is 42.5 Å². The SMILES string of the molecule is COc1ccc2cc(C3(C)CCCCN3CC(O)COc3cccc4[nH]c(C(N)=O)cc34)sc2c1. The number of amides is 1. The molecule has 1 amide bonds. The van der Waals surface area contributed by atoms with Crippen molar-refractivity contribution in [3.8, 4) is 11.5 Å². The summed E-state index contributed by atoms with van der Waals surface area (Å²) in [5.74, 6) is 0.964. The second-order valence-electron chi connectivity index (χ2n) is 9.42. The van der Waals surface area contributed by atoms with Crippen molar-refractivity contribution in [1.29, 1.82) is 0 Å². The van der Waals surface area contributed by atoms with Gasteiger partial charge >= 0.3 is 0 Å². The topological polar surface area (TPSA) is 101 Å². The zero-order chi connectivity index (χ0) is 24.6. The number of aliphatic hydroxyl groups is 1. The number of β-amino-alcohol motifs (C(OH)–C–C–N with tert-alkyl or cyclic N) is 1. The molecule has 2 aromatic carbocycles. The minimum Gasteiger partial charge on any atom is -0.497 e. The highest BCUT2D eigenvalue weighted by molar-refractivity contribution is 7.19. The Morgan fingerprint density at radius 2 is 2.11 bits per heavy atom. The van der Waals surface area contributed by atoms with Gasteiger partial charge in [-0.1, -0.05) is 6.07 Å². The van der Waals surface area contributed by atoms with Crippen molar-refractivity contribution in [2.24, 2.45) is 5.73 Å². The molecule has 8 heteroatoms. The second-order valence-corrected chi connectivity index (χ2v) is 10.5. The number of nitrogens with one attached hydrogen (secondary N) is 1. The van der Waals surface area contributed by atoms with E-state index in [1.165, 1.54) is 15.0 Å². The molecule has 0 saturated carbocycles. The van der Waals surface area contributed by atoms with Crippen LogP contribution in [0.3, 0.4) is 0 Å². The first kappa shape index (κ1) is 23.7. The maximum Gasteiger partial charge on any atom is 0.265 e. The fraction of sp³-hybridized carbons (Fsp3) is 0.370. The number of methoxy groups -OCH3 is 1. The summed E-state index contributed by atoms with van der Waals surface area (Å²) in [6.07, 6.45) is 2.66. The van der Waals surface area contributed by atoms with Crippen LogP contribution in [-0.2, 0) is 5.54 Å². The highest BCUT2D eigenvalue weighted by Crippen LogP contribution is 2.43. The molecule has 1 aliphatic heterocycles. The van der Waals surface area contributed by atoms with Gasteiger partial charge in [0.15, 0.2) is 0 Å². The van der Waals surface area contributed by atoms with Gasteiger partial charge in [0.1, 0.15) is 29.9 Å². The first-order valence-electron chi connectivity index (χ1n) is 11.9. The molecule has 1 saturated heterocycles. The number of thiophene rings is 1. The molecule has 0 radical (unpaired) electrons. The molecule has 2 aromatic heterocycles. The van der Waals surface area contributed by atoms with Gasteiger partial charge in [-0.15, -0.1) is 11.3 Å². The Bertz CT molecular complexity index is 1360. The monoisotopic (exact) mass is 493 g/mol. The molecule has 2 unspecified atom stereocenters. The van der Waals surface area contributed by atoms with E-state index in [4.69, 9.17) is 15.2 Å². The van der Waals surface area contributed by atoms with E-state index in [0.29, 0.717) is 18.0 Å². The molecule has 1 fully saturated rings. The molecule has 35 heavy (non-hydrogen) atoms. The van der Waals surface area contributed by atoms with Crippen molar-refractivity contribution >= 4 is 38.2 Å². The van der Waals surface area contributed by atoms with E-state index in [1.807, 2.05) is 24.3 Å². The number of rotatable bonds is 8. The van der Waals surface area contributed by atoms with Crippen LogP contribution in [0, 0.1) is 0 Å². The number of fused-ring (bicyclic) bond motifs is 2. The molecule has 4 aromatic rings. The zero-order valence-electron chi connectivity index (χ0n) is 20.0. The van der Waals surface area contributed by atoms with Gasteiger partial charge in [-0.05, 0) is 80.6 Å². The molecule has 4 N–H and O–H groups in total. The molecule has 0 aliphatic carbocycles. The third kappa shape index (κ3) is 4.61. The normalized spacial score (nSPS) is 19.7. The Morgan fingerprint density at radius 1 is 1.26 bits per heavy atom. The number of hydrogen-bond acceptors (Lipinski definition) is 6. The molecule has 0 bridgehead atoms. The number of benzene rings is 2. The van der Waals surface area contributed by atoms with Crippen molar-refractivity contribution in [3.05, 3.63) is 59.1 Å². The summed E-state index contributed by atoms with van der Waals surface area (Å²) in [7, 11) is 1.69. The van der Waals surface area contributed by atoms with E-state index in [1.54, 1.807) is 24.5 Å². The van der Waals surface area contributed by atoms with Crippen LogP contribution in [0.2, 0.25) is 0 Å². The van der Waals surface area contributed by atoms with Gasteiger partial charge < -0.3 is 25.3 Å². The molecule has 1 aliphatic rings. The van der Waals surface area contributed by atoms with E-state index < -0.39 is 12.0 Å². The van der Waals surface area contributed by atoms with Gasteiger partial charge in [0.2, 0.25) is 0 Å². The third-order valence-electron chi connectivity index (χ3n) is 7.05. The summed E-state index contributed by atoms with van der Waals surface area (Å²) in [5, 5.41) is 12.9. The summed E-state index contributed by atoms with van der Waals surface area (Å²) in [4.78, 5) is 18.2. The Balaban J connectivity index is 1.31. The Hall–Kier alpha value is -3.07. The Kier molecular flexibility index (Phi) is 6.44. The van der Waals surface area contributed by atoms with E-state index in [9.17, 15) is 9.90 Å². The Labute approximate surface area is 208 Å². The minimum absolute atomic E-state index is 0.146. The third-order valence-corrected chi connectivity index (χ3v) is 8.40. The maximum atomic E-state index is 11.5. The predicted octanol–water partition coefficient (Wildman–Crippen LogP) is 4.63. The average Bonchev–Trinajstić information content (AvgIpc) is 3.49. The molecule has 0 spiro atoms. The number of primary amides is 1. The van der Waals surface area contributed by atoms with Gasteiger partial charge in [-0.3, -0.25) is 9.69 Å². The van der Waals surface area contributed by atoms with Crippen LogP contribution < -0.4 is 15.2 Å². The lowest BCUT2D eigenvalue weighted by molar-refractivity contribution is 0.000233. The van der Waals surface area contributed by atoms with Crippen LogP contribution in [0.1, 0.15) is 41.6 Å². The molecular weight excluding hydrogens is 462 g/mol. The number of nitrogens with zero attached hydrogens (tertiary/aromatic N) is 1. The van der Waals surface area contributed by atoms with Crippen molar-refractivity contribution in [1.82, 2.24) is 9.88 Å². The van der Waals surface area contributed by atoms with Crippen molar-refractivity contribution in [3.63, 3.8) is 0 Å². The van der Waals surface area contributed by atoms with Crippen molar-refractivity contribution in [2.45, 2.75) is 37.8 Å². The summed E-state index contributed by atoms with van der Waals surface area (Å²) in [6, 6.07) is 15.7. The van der Waals surface area contributed by atoms with E-state index in [2.05, 4.69) is 35.0 Å². The molecule has 3 heterocycles. The van der Waals surface area contributed by atoms with Crippen LogP contribution in [0.15, 0.2) is 48.5 Å². The quantitative estimate of drug-likeness (QED) is 0.332. The molecule has 2 atom stereocenters. The smallest absolute Gasteiger partial charge is 0.265 e. The first-order chi connectivity index (χ1) is 16.9. The summed E-state index contributed by atoms with van der Waals surface area (Å²) in [5.41, 5.74) is 6.37. The number of aromatic amines is 1. The first-order valence-corrected chi connectivity index (χ1v) is 12.7. The number of ether oxygens (including phenoxy) is 2. The molecule has 5 rings (SSSR count). The van der Waals surface area contributed by atoms with Crippen LogP contribution in [-0.4, -0.2) is 53.8 Å². The maximum absolute atomic E-state index is 11.5. The number of aromatic nitrogens is 1. The van der Waals surface area contributed by atoms with Gasteiger partial charge in [0.25, 0.3) is 5.91 Å². The van der Waals surface area contributed by atoms with Crippen molar-refractivity contribution < 1.29 is 19.4 Å². The number of carbonyl (C=O) groups excluding carboxylic acids is 1. The largest absolute Gasteiger partial charge is 0.497 e. The van der Waals surface area contributed by atoms with Crippen LogP contribution in [0.4, 0.5) is 0 Å². The van der Waals surface area contributed by atoms with E-state index in [-0.39, 0.29) is 12.1 Å². The minimum atomic E-state index is -0.660. The standard InChI is InChI=1S/C27H31N3O4S/c1-27(25-12-17-8-9-19(33-2)13-24(17)35-25)10-3-4-11-30(27)15-18(31)16-34-23-7-5-6-21-20(23)14-22(29-21)26(28)32/h5-9,12-14,18,29,31H,3-4,10-11,15-16H2,1-2H3,(H2,28,32). The highest BCUT2D eigenvalue weighted by Gasteiger charge is 2.38. The molecular formula is C27H31N3O4S. The van der Waals surface area contributed by atoms with E-state index >= 15 is 0 Å².